The Balaban J connectivity index is 0.00000128. The highest BCUT2D eigenvalue weighted by molar-refractivity contribution is 5.91. The van der Waals surface area contributed by atoms with Crippen molar-refractivity contribution >= 4 is 29.0 Å². The van der Waals surface area contributed by atoms with Crippen LogP contribution in [0.4, 0.5) is 5.69 Å². The first-order valence-corrected chi connectivity index (χ1v) is 5.52. The molecule has 0 unspecified atom stereocenters. The Morgan fingerprint density at radius 1 is 1.25 bits per heavy atom. The molecule has 2 rings (SSSR count). The van der Waals surface area contributed by atoms with E-state index in [1.165, 1.54) is 17.3 Å². The molecular formula is C13H19ClN2. The number of nitrogens with zero attached hydrogens (tertiary/aromatic N) is 1. The molecule has 0 spiro atoms. The highest BCUT2D eigenvalue weighted by Crippen LogP contribution is 2.22. The number of aromatic nitrogens is 1. The Bertz CT molecular complexity index is 460. The molecule has 3 heteroatoms. The van der Waals surface area contributed by atoms with E-state index >= 15 is 0 Å². The van der Waals surface area contributed by atoms with Gasteiger partial charge in [0, 0.05) is 23.8 Å². The number of anilines is 1. The number of hydrogen-bond acceptors (Lipinski definition) is 1. The molecule has 2 N–H and O–H groups in total. The quantitative estimate of drug-likeness (QED) is 0.813. The Kier molecular flexibility index (Phi) is 4.25. The maximum Gasteiger partial charge on any atom is 0.0501 e. The first-order chi connectivity index (χ1) is 7.18. The van der Waals surface area contributed by atoms with Crippen LogP contribution in [-0.4, -0.2) is 4.57 Å². The zero-order valence-corrected chi connectivity index (χ0v) is 10.6. The summed E-state index contributed by atoms with van der Waals surface area (Å²) in [6.07, 6.45) is 3.34. The van der Waals surface area contributed by atoms with E-state index in [1.807, 2.05) is 12.1 Å². The summed E-state index contributed by atoms with van der Waals surface area (Å²) in [6.45, 7) is 5.57. The van der Waals surface area contributed by atoms with E-state index in [2.05, 4.69) is 36.7 Å². The fraction of sp³-hybridized carbons (Fsp3) is 0.385. The lowest BCUT2D eigenvalue weighted by Crippen LogP contribution is -1.99. The topological polar surface area (TPSA) is 30.9 Å². The highest BCUT2D eigenvalue weighted by Gasteiger charge is 2.03. The van der Waals surface area contributed by atoms with Crippen molar-refractivity contribution in [3.63, 3.8) is 0 Å². The summed E-state index contributed by atoms with van der Waals surface area (Å²) < 4.78 is 2.28. The summed E-state index contributed by atoms with van der Waals surface area (Å²) in [5.41, 5.74) is 8.03. The van der Waals surface area contributed by atoms with E-state index in [9.17, 15) is 0 Å². The largest absolute Gasteiger partial charge is 0.398 e. The third kappa shape index (κ3) is 2.50. The second-order valence-electron chi connectivity index (χ2n) is 4.47. The van der Waals surface area contributed by atoms with Crippen molar-refractivity contribution in [3.05, 3.63) is 30.5 Å². The molecule has 1 aromatic carbocycles. The van der Waals surface area contributed by atoms with Gasteiger partial charge in [-0.1, -0.05) is 19.9 Å². The van der Waals surface area contributed by atoms with Crippen molar-refractivity contribution in [2.75, 3.05) is 5.73 Å². The van der Waals surface area contributed by atoms with E-state index in [0.29, 0.717) is 0 Å². The Morgan fingerprint density at radius 3 is 2.69 bits per heavy atom. The van der Waals surface area contributed by atoms with Gasteiger partial charge in [-0.2, -0.15) is 0 Å². The van der Waals surface area contributed by atoms with Gasteiger partial charge in [0.25, 0.3) is 0 Å². The van der Waals surface area contributed by atoms with Crippen LogP contribution >= 0.6 is 12.4 Å². The molecule has 0 saturated heterocycles. The molecule has 88 valence electrons. The van der Waals surface area contributed by atoms with E-state index in [4.69, 9.17) is 5.73 Å². The molecule has 0 fully saturated rings. The molecule has 0 radical (unpaired) electrons. The van der Waals surface area contributed by atoms with Crippen LogP contribution in [0.15, 0.2) is 30.5 Å². The second-order valence-corrected chi connectivity index (χ2v) is 4.47. The molecule has 2 nitrogen and oxygen atoms in total. The van der Waals surface area contributed by atoms with Crippen molar-refractivity contribution in [1.82, 2.24) is 4.57 Å². The van der Waals surface area contributed by atoms with Gasteiger partial charge in [0.15, 0.2) is 0 Å². The SMILES string of the molecule is CC(C)CCn1ccc2c(N)cccc21.Cl. The third-order valence-corrected chi connectivity index (χ3v) is 2.79. The van der Waals surface area contributed by atoms with Gasteiger partial charge in [0.2, 0.25) is 0 Å². The molecular weight excluding hydrogens is 220 g/mol. The maximum absolute atomic E-state index is 5.91. The third-order valence-electron chi connectivity index (χ3n) is 2.79. The van der Waals surface area contributed by atoms with E-state index < -0.39 is 0 Å². The predicted molar refractivity (Wildman–Crippen MR) is 73.1 cm³/mol. The van der Waals surface area contributed by atoms with Crippen molar-refractivity contribution in [2.24, 2.45) is 5.92 Å². The van der Waals surface area contributed by atoms with Crippen molar-refractivity contribution in [3.8, 4) is 0 Å². The second kappa shape index (κ2) is 5.26. The predicted octanol–water partition coefficient (Wildman–Crippen LogP) is 3.69. The van der Waals surface area contributed by atoms with E-state index in [-0.39, 0.29) is 12.4 Å². The monoisotopic (exact) mass is 238 g/mol. The molecule has 1 heterocycles. The van der Waals surface area contributed by atoms with Gasteiger partial charge < -0.3 is 10.3 Å². The first-order valence-electron chi connectivity index (χ1n) is 5.52. The Hall–Kier alpha value is -1.15. The fourth-order valence-electron chi connectivity index (χ4n) is 1.84. The van der Waals surface area contributed by atoms with Gasteiger partial charge in [0.1, 0.15) is 0 Å². The molecule has 0 amide bonds. The van der Waals surface area contributed by atoms with Gasteiger partial charge in [-0.05, 0) is 30.5 Å². The van der Waals surface area contributed by atoms with Gasteiger partial charge in [-0.15, -0.1) is 12.4 Å². The summed E-state index contributed by atoms with van der Waals surface area (Å²) in [5, 5.41) is 1.17. The highest BCUT2D eigenvalue weighted by atomic mass is 35.5. The standard InChI is InChI=1S/C13H18N2.ClH/c1-10(2)6-8-15-9-7-11-12(14)4-3-5-13(11)15;/h3-5,7,9-10H,6,8,14H2,1-2H3;1H. The number of hydrogen-bond donors (Lipinski definition) is 1. The van der Waals surface area contributed by atoms with Crippen LogP contribution in [0, 0.1) is 5.92 Å². The maximum atomic E-state index is 5.91. The zero-order chi connectivity index (χ0) is 10.8. The normalized spacial score (nSPS) is 10.7. The lowest BCUT2D eigenvalue weighted by molar-refractivity contribution is 0.524. The Morgan fingerprint density at radius 2 is 2.00 bits per heavy atom. The number of fused-ring (bicyclic) bond motifs is 1. The van der Waals surface area contributed by atoms with Crippen LogP contribution in [0.25, 0.3) is 10.9 Å². The van der Waals surface area contributed by atoms with Crippen molar-refractivity contribution in [1.29, 1.82) is 0 Å². The smallest absolute Gasteiger partial charge is 0.0501 e. The lowest BCUT2D eigenvalue weighted by atomic mass is 10.1. The van der Waals surface area contributed by atoms with Crippen LogP contribution in [-0.2, 0) is 6.54 Å². The summed E-state index contributed by atoms with van der Waals surface area (Å²) in [4.78, 5) is 0. The van der Waals surface area contributed by atoms with Gasteiger partial charge in [0.05, 0.1) is 5.52 Å². The molecule has 0 atom stereocenters. The van der Waals surface area contributed by atoms with Crippen LogP contribution in [0.1, 0.15) is 20.3 Å². The average Bonchev–Trinajstić information content (AvgIpc) is 2.59. The van der Waals surface area contributed by atoms with Crippen LogP contribution in [0.5, 0.6) is 0 Å². The molecule has 0 bridgehead atoms. The molecule has 0 aliphatic heterocycles. The van der Waals surface area contributed by atoms with Crippen LogP contribution in [0.3, 0.4) is 0 Å². The summed E-state index contributed by atoms with van der Waals surface area (Å²) in [7, 11) is 0. The van der Waals surface area contributed by atoms with E-state index in [0.717, 1.165) is 18.2 Å². The Labute approximate surface area is 103 Å². The molecule has 0 saturated carbocycles. The fourth-order valence-corrected chi connectivity index (χ4v) is 1.84. The number of nitrogens with two attached hydrogens (primary N) is 1. The molecule has 0 aliphatic carbocycles. The number of aryl methyl sites for hydroxylation is 1. The minimum absolute atomic E-state index is 0. The van der Waals surface area contributed by atoms with Crippen molar-refractivity contribution in [2.45, 2.75) is 26.8 Å². The minimum Gasteiger partial charge on any atom is -0.398 e. The summed E-state index contributed by atoms with van der Waals surface area (Å²) >= 11 is 0. The lowest BCUT2D eigenvalue weighted by Gasteiger charge is -2.07. The molecule has 2 aromatic rings. The average molecular weight is 239 g/mol. The van der Waals surface area contributed by atoms with Gasteiger partial charge in [-0.3, -0.25) is 0 Å². The number of benzene rings is 1. The van der Waals surface area contributed by atoms with Gasteiger partial charge in [-0.25, -0.2) is 0 Å². The van der Waals surface area contributed by atoms with Crippen LogP contribution in [0.2, 0.25) is 0 Å². The number of rotatable bonds is 3. The van der Waals surface area contributed by atoms with Crippen molar-refractivity contribution < 1.29 is 0 Å². The first kappa shape index (κ1) is 12.9. The molecule has 16 heavy (non-hydrogen) atoms. The number of halogens is 1. The van der Waals surface area contributed by atoms with E-state index in [1.54, 1.807) is 0 Å². The van der Waals surface area contributed by atoms with Crippen LogP contribution < -0.4 is 5.73 Å². The number of nitrogen functional groups attached to an aromatic ring is 1. The summed E-state index contributed by atoms with van der Waals surface area (Å²) in [6, 6.07) is 8.20. The molecule has 0 aliphatic rings. The van der Waals surface area contributed by atoms with Gasteiger partial charge >= 0.3 is 0 Å². The minimum atomic E-state index is 0. The molecule has 1 aromatic heterocycles. The zero-order valence-electron chi connectivity index (χ0n) is 9.81. The summed E-state index contributed by atoms with van der Waals surface area (Å²) in [5.74, 6) is 0.739.